The van der Waals surface area contributed by atoms with Crippen molar-refractivity contribution in [3.63, 3.8) is 0 Å². The molecule has 0 radical (unpaired) electrons. The highest BCUT2D eigenvalue weighted by molar-refractivity contribution is 7.80. The summed E-state index contributed by atoms with van der Waals surface area (Å²) in [5, 5.41) is 26.7. The minimum Gasteiger partial charge on any atom is -0.482 e. The molecule has 0 bridgehead atoms. The Morgan fingerprint density at radius 1 is 1.46 bits per heavy atom. The Morgan fingerprint density at radius 2 is 2.08 bits per heavy atom. The molecule has 0 saturated heterocycles. The second-order valence-electron chi connectivity index (χ2n) is 2.77. The van der Waals surface area contributed by atoms with Crippen molar-refractivity contribution in [2.24, 2.45) is 0 Å². The van der Waals surface area contributed by atoms with E-state index >= 15 is 0 Å². The lowest BCUT2D eigenvalue weighted by Crippen LogP contribution is -2.27. The summed E-state index contributed by atoms with van der Waals surface area (Å²) in [6.07, 6.45) is -0.334. The van der Waals surface area contributed by atoms with Crippen LogP contribution in [0.5, 0.6) is 0 Å². The molecule has 4 nitrogen and oxygen atoms in total. The molecule has 0 aromatic heterocycles. The molecule has 13 heavy (non-hydrogen) atoms. The fourth-order valence-electron chi connectivity index (χ4n) is 0.719. The second kappa shape index (κ2) is 7.20. The fraction of sp³-hybridized carbons (Fsp3) is 0.875. The lowest BCUT2D eigenvalue weighted by molar-refractivity contribution is 0.0446. The van der Waals surface area contributed by atoms with Gasteiger partial charge in [-0.25, -0.2) is 0 Å². The quantitative estimate of drug-likeness (QED) is 0.529. The third kappa shape index (κ3) is 5.93. The van der Waals surface area contributed by atoms with Crippen molar-refractivity contribution in [3.05, 3.63) is 0 Å². The maximum absolute atomic E-state index is 9.29. The van der Waals surface area contributed by atoms with Gasteiger partial charge in [0.2, 0.25) is 0 Å². The van der Waals surface area contributed by atoms with E-state index in [1.165, 1.54) is 0 Å². The summed E-state index contributed by atoms with van der Waals surface area (Å²) in [6, 6.07) is 0. The molecule has 5 heteroatoms. The van der Waals surface area contributed by atoms with Gasteiger partial charge in [-0.2, -0.15) is 0 Å². The van der Waals surface area contributed by atoms with Crippen molar-refractivity contribution in [2.75, 3.05) is 13.2 Å². The summed E-state index contributed by atoms with van der Waals surface area (Å²) in [4.78, 5) is 0. The standard InChI is InChI=1S/C8H16O4S/c1-2-3-7(11)8(13)12-5-6(10)4-9/h6-7,9-11H,2-5H2,1H3. The zero-order valence-corrected chi connectivity index (χ0v) is 8.46. The maximum Gasteiger partial charge on any atom is 0.188 e. The smallest absolute Gasteiger partial charge is 0.188 e. The van der Waals surface area contributed by atoms with Crippen LogP contribution in [0.4, 0.5) is 0 Å². The highest BCUT2D eigenvalue weighted by Gasteiger charge is 2.12. The zero-order chi connectivity index (χ0) is 10.3. The Labute approximate surface area is 83.1 Å². The van der Waals surface area contributed by atoms with Crippen LogP contribution in [0.3, 0.4) is 0 Å². The van der Waals surface area contributed by atoms with Crippen molar-refractivity contribution >= 4 is 17.3 Å². The maximum atomic E-state index is 9.29. The Hall–Kier alpha value is -0.230. The Kier molecular flexibility index (Phi) is 7.07. The van der Waals surface area contributed by atoms with E-state index in [-0.39, 0.29) is 18.3 Å². The van der Waals surface area contributed by atoms with Crippen LogP contribution in [0.25, 0.3) is 0 Å². The Bertz CT molecular complexity index is 151. The first-order valence-electron chi connectivity index (χ1n) is 4.25. The summed E-state index contributed by atoms with van der Waals surface area (Å²) >= 11 is 4.74. The number of hydrogen-bond donors (Lipinski definition) is 3. The average Bonchev–Trinajstić information content (AvgIpc) is 2.13. The van der Waals surface area contributed by atoms with Crippen molar-refractivity contribution in [1.82, 2.24) is 0 Å². The van der Waals surface area contributed by atoms with Crippen molar-refractivity contribution in [2.45, 2.75) is 32.0 Å². The SMILES string of the molecule is CCCC(O)C(=S)OCC(O)CO. The molecule has 0 amide bonds. The molecular formula is C8H16O4S. The number of thiocarbonyl (C=S) groups is 1. The van der Waals surface area contributed by atoms with Crippen molar-refractivity contribution in [1.29, 1.82) is 0 Å². The molecule has 0 aliphatic rings. The zero-order valence-electron chi connectivity index (χ0n) is 7.64. The summed E-state index contributed by atoms with van der Waals surface area (Å²) in [5.74, 6) is 0. The highest BCUT2D eigenvalue weighted by Crippen LogP contribution is 2.01. The molecule has 0 rings (SSSR count). The molecule has 78 valence electrons. The van der Waals surface area contributed by atoms with Crippen LogP contribution in [0.15, 0.2) is 0 Å². The van der Waals surface area contributed by atoms with E-state index in [0.29, 0.717) is 6.42 Å². The van der Waals surface area contributed by atoms with Crippen molar-refractivity contribution < 1.29 is 20.1 Å². The van der Waals surface area contributed by atoms with Crippen LogP contribution in [-0.4, -0.2) is 45.8 Å². The molecule has 0 aliphatic heterocycles. The van der Waals surface area contributed by atoms with Crippen molar-refractivity contribution in [3.8, 4) is 0 Å². The summed E-state index contributed by atoms with van der Waals surface area (Å²) in [7, 11) is 0. The topological polar surface area (TPSA) is 69.9 Å². The lowest BCUT2D eigenvalue weighted by Gasteiger charge is -2.14. The molecule has 0 saturated carbocycles. The summed E-state index contributed by atoms with van der Waals surface area (Å²) in [5.41, 5.74) is 0. The molecule has 3 N–H and O–H groups in total. The molecular weight excluding hydrogens is 192 g/mol. The van der Waals surface area contributed by atoms with Gasteiger partial charge in [-0.3, -0.25) is 0 Å². The van der Waals surface area contributed by atoms with Gasteiger partial charge in [-0.1, -0.05) is 13.3 Å². The van der Waals surface area contributed by atoms with Crippen LogP contribution in [0.1, 0.15) is 19.8 Å². The Balaban J connectivity index is 3.61. The largest absolute Gasteiger partial charge is 0.482 e. The van der Waals surface area contributed by atoms with E-state index in [2.05, 4.69) is 0 Å². The van der Waals surface area contributed by atoms with E-state index in [9.17, 15) is 5.11 Å². The van der Waals surface area contributed by atoms with Gasteiger partial charge in [0.25, 0.3) is 0 Å². The van der Waals surface area contributed by atoms with Gasteiger partial charge < -0.3 is 20.1 Å². The van der Waals surface area contributed by atoms with Crippen LogP contribution in [0.2, 0.25) is 0 Å². The number of rotatable bonds is 6. The van der Waals surface area contributed by atoms with Crippen LogP contribution in [-0.2, 0) is 4.74 Å². The molecule has 2 atom stereocenters. The first-order valence-corrected chi connectivity index (χ1v) is 4.66. The normalized spacial score (nSPS) is 15.1. The molecule has 0 aromatic rings. The third-order valence-electron chi connectivity index (χ3n) is 1.46. The van der Waals surface area contributed by atoms with Gasteiger partial charge in [0.05, 0.1) is 6.61 Å². The average molecular weight is 208 g/mol. The fourth-order valence-corrected chi connectivity index (χ4v) is 0.904. The number of hydrogen-bond acceptors (Lipinski definition) is 5. The third-order valence-corrected chi connectivity index (χ3v) is 1.85. The molecule has 0 fully saturated rings. The molecule has 0 spiro atoms. The van der Waals surface area contributed by atoms with E-state index in [0.717, 1.165) is 6.42 Å². The van der Waals surface area contributed by atoms with Gasteiger partial charge in [-0.15, -0.1) is 0 Å². The molecule has 0 aliphatic carbocycles. The summed E-state index contributed by atoms with van der Waals surface area (Å²) < 4.78 is 4.88. The van der Waals surface area contributed by atoms with E-state index in [4.69, 9.17) is 27.2 Å². The lowest BCUT2D eigenvalue weighted by atomic mass is 10.2. The van der Waals surface area contributed by atoms with E-state index < -0.39 is 12.2 Å². The molecule has 0 aromatic carbocycles. The van der Waals surface area contributed by atoms with E-state index in [1.54, 1.807) is 0 Å². The van der Waals surface area contributed by atoms with Crippen LogP contribution >= 0.6 is 12.2 Å². The van der Waals surface area contributed by atoms with Gasteiger partial charge >= 0.3 is 0 Å². The molecule has 0 heterocycles. The van der Waals surface area contributed by atoms with Gasteiger partial charge in [0.1, 0.15) is 18.8 Å². The number of ether oxygens (including phenoxy) is 1. The van der Waals surface area contributed by atoms with Crippen LogP contribution in [0, 0.1) is 0 Å². The van der Waals surface area contributed by atoms with Crippen LogP contribution < -0.4 is 0 Å². The number of aliphatic hydroxyl groups excluding tert-OH is 3. The van der Waals surface area contributed by atoms with E-state index in [1.807, 2.05) is 6.92 Å². The van der Waals surface area contributed by atoms with Gasteiger partial charge in [0.15, 0.2) is 5.05 Å². The first kappa shape index (κ1) is 12.8. The molecule has 2 unspecified atom stereocenters. The predicted octanol–water partition coefficient (Wildman–Crippen LogP) is -0.155. The Morgan fingerprint density at radius 3 is 2.54 bits per heavy atom. The predicted molar refractivity (Wildman–Crippen MR) is 52.6 cm³/mol. The second-order valence-corrected chi connectivity index (χ2v) is 3.17. The first-order chi connectivity index (χ1) is 6.11. The van der Waals surface area contributed by atoms with Gasteiger partial charge in [0, 0.05) is 0 Å². The summed E-state index contributed by atoms with van der Waals surface area (Å²) in [6.45, 7) is 1.48. The minimum absolute atomic E-state index is 0.0733. The van der Waals surface area contributed by atoms with Gasteiger partial charge in [-0.05, 0) is 18.6 Å². The minimum atomic E-state index is -0.938. The highest BCUT2D eigenvalue weighted by atomic mass is 32.1. The number of aliphatic hydroxyl groups is 3. The monoisotopic (exact) mass is 208 g/mol.